The molecule has 0 aromatic rings. The van der Waals surface area contributed by atoms with Gasteiger partial charge in [0.25, 0.3) is 0 Å². The number of nitrogens with zero attached hydrogens (tertiary/aromatic N) is 2. The molecule has 0 aromatic carbocycles. The molecule has 0 aliphatic heterocycles. The van der Waals surface area contributed by atoms with E-state index in [4.69, 9.17) is 5.26 Å². The van der Waals surface area contributed by atoms with E-state index in [1.807, 2.05) is 18.8 Å². The monoisotopic (exact) mass is 292 g/mol. The van der Waals surface area contributed by atoms with E-state index in [1.54, 1.807) is 4.90 Å². The highest BCUT2D eigenvalue weighted by atomic mass is 32.2. The van der Waals surface area contributed by atoms with Crippen LogP contribution in [-0.2, 0) is 4.79 Å². The second kappa shape index (κ2) is 5.60. The Balaban J connectivity index is 1.53. The van der Waals surface area contributed by atoms with Gasteiger partial charge in [0.2, 0.25) is 5.91 Å². The molecular formula is C16H24N2OS. The molecule has 4 fully saturated rings. The van der Waals surface area contributed by atoms with Crippen LogP contribution in [0.2, 0.25) is 0 Å². The molecule has 4 aliphatic carbocycles. The molecule has 0 spiro atoms. The smallest absolute Gasteiger partial charge is 0.232 e. The molecule has 0 unspecified atom stereocenters. The maximum Gasteiger partial charge on any atom is 0.232 e. The van der Waals surface area contributed by atoms with E-state index in [9.17, 15) is 4.79 Å². The van der Waals surface area contributed by atoms with Gasteiger partial charge in [-0.15, -0.1) is 11.8 Å². The Hall–Kier alpha value is -0.690. The van der Waals surface area contributed by atoms with Crippen molar-refractivity contribution in [3.8, 4) is 6.07 Å². The first-order chi connectivity index (χ1) is 9.60. The Bertz CT molecular complexity index is 393. The van der Waals surface area contributed by atoms with Crippen molar-refractivity contribution in [2.45, 2.75) is 49.7 Å². The highest BCUT2D eigenvalue weighted by molar-refractivity contribution is 8.01. The summed E-state index contributed by atoms with van der Waals surface area (Å²) in [5.41, 5.74) is 0. The minimum atomic E-state index is 0.195. The molecule has 3 nitrogen and oxygen atoms in total. The SMILES string of the molecule is CN(CCC#N)C(=O)CSC12CC3CC(CC(C3)C1)C2. The van der Waals surface area contributed by atoms with Gasteiger partial charge in [0.05, 0.1) is 18.2 Å². The van der Waals surface area contributed by atoms with Crippen LogP contribution in [0.3, 0.4) is 0 Å². The van der Waals surface area contributed by atoms with Gasteiger partial charge in [0, 0.05) is 18.3 Å². The average Bonchev–Trinajstić information content (AvgIpc) is 2.40. The van der Waals surface area contributed by atoms with Crippen molar-refractivity contribution in [2.75, 3.05) is 19.3 Å². The summed E-state index contributed by atoms with van der Waals surface area (Å²) in [6, 6.07) is 2.10. The van der Waals surface area contributed by atoms with E-state index < -0.39 is 0 Å². The van der Waals surface area contributed by atoms with E-state index in [-0.39, 0.29) is 5.91 Å². The Morgan fingerprint density at radius 1 is 1.25 bits per heavy atom. The minimum Gasteiger partial charge on any atom is -0.344 e. The highest BCUT2D eigenvalue weighted by Gasteiger charge is 2.51. The number of thioether (sulfide) groups is 1. The van der Waals surface area contributed by atoms with Crippen molar-refractivity contribution in [3.63, 3.8) is 0 Å². The first-order valence-corrected chi connectivity index (χ1v) is 8.84. The second-order valence-electron chi connectivity index (χ2n) is 7.11. The fourth-order valence-electron chi connectivity index (χ4n) is 4.88. The van der Waals surface area contributed by atoms with Crippen LogP contribution in [0.25, 0.3) is 0 Å². The van der Waals surface area contributed by atoms with Crippen molar-refractivity contribution in [1.82, 2.24) is 4.90 Å². The molecule has 0 aromatic heterocycles. The zero-order valence-corrected chi connectivity index (χ0v) is 13.1. The second-order valence-corrected chi connectivity index (χ2v) is 8.56. The molecule has 0 N–H and O–H groups in total. The highest BCUT2D eigenvalue weighted by Crippen LogP contribution is 2.60. The lowest BCUT2D eigenvalue weighted by molar-refractivity contribution is -0.127. The van der Waals surface area contributed by atoms with E-state index in [0.717, 1.165) is 17.8 Å². The van der Waals surface area contributed by atoms with Crippen molar-refractivity contribution >= 4 is 17.7 Å². The summed E-state index contributed by atoms with van der Waals surface area (Å²) in [6.07, 6.45) is 8.84. The lowest BCUT2D eigenvalue weighted by atomic mass is 9.56. The zero-order valence-electron chi connectivity index (χ0n) is 12.3. The number of rotatable bonds is 5. The number of carbonyl (C=O) groups is 1. The van der Waals surface area contributed by atoms with Crippen LogP contribution in [-0.4, -0.2) is 34.9 Å². The Morgan fingerprint density at radius 3 is 2.30 bits per heavy atom. The lowest BCUT2D eigenvalue weighted by Gasteiger charge is -2.56. The summed E-state index contributed by atoms with van der Waals surface area (Å²) in [7, 11) is 1.82. The molecule has 4 saturated carbocycles. The van der Waals surface area contributed by atoms with Crippen LogP contribution in [0.15, 0.2) is 0 Å². The summed E-state index contributed by atoms with van der Waals surface area (Å²) in [5.74, 6) is 3.63. The normalized spacial score (nSPS) is 37.7. The van der Waals surface area contributed by atoms with Crippen LogP contribution in [0, 0.1) is 29.1 Å². The molecular weight excluding hydrogens is 268 g/mol. The number of carbonyl (C=O) groups excluding carboxylic acids is 1. The molecule has 0 radical (unpaired) electrons. The molecule has 0 heterocycles. The Labute approximate surface area is 126 Å². The molecule has 1 amide bonds. The topological polar surface area (TPSA) is 44.1 Å². The maximum absolute atomic E-state index is 12.1. The molecule has 0 atom stereocenters. The van der Waals surface area contributed by atoms with Gasteiger partial charge in [-0.1, -0.05) is 0 Å². The van der Waals surface area contributed by atoms with Gasteiger partial charge in [0.1, 0.15) is 0 Å². The van der Waals surface area contributed by atoms with Gasteiger partial charge in [0.15, 0.2) is 0 Å². The molecule has 110 valence electrons. The summed E-state index contributed by atoms with van der Waals surface area (Å²) in [4.78, 5) is 13.9. The summed E-state index contributed by atoms with van der Waals surface area (Å²) >= 11 is 1.93. The predicted molar refractivity (Wildman–Crippen MR) is 81.2 cm³/mol. The van der Waals surface area contributed by atoms with E-state index >= 15 is 0 Å². The van der Waals surface area contributed by atoms with Gasteiger partial charge in [-0.05, 0) is 56.3 Å². The van der Waals surface area contributed by atoms with Crippen molar-refractivity contribution in [3.05, 3.63) is 0 Å². The predicted octanol–water partition coefficient (Wildman–Crippen LogP) is 3.06. The third kappa shape index (κ3) is 2.83. The van der Waals surface area contributed by atoms with Crippen LogP contribution in [0.1, 0.15) is 44.9 Å². The lowest BCUT2D eigenvalue weighted by Crippen LogP contribution is -2.49. The zero-order chi connectivity index (χ0) is 14.2. The largest absolute Gasteiger partial charge is 0.344 e. The van der Waals surface area contributed by atoms with Crippen molar-refractivity contribution < 1.29 is 4.79 Å². The fraction of sp³-hybridized carbons (Fsp3) is 0.875. The molecule has 0 saturated heterocycles. The van der Waals surface area contributed by atoms with Gasteiger partial charge in [-0.2, -0.15) is 5.26 Å². The van der Waals surface area contributed by atoms with Crippen molar-refractivity contribution in [2.24, 2.45) is 17.8 Å². The number of hydrogen-bond acceptors (Lipinski definition) is 3. The van der Waals surface area contributed by atoms with Crippen LogP contribution in [0.5, 0.6) is 0 Å². The summed E-state index contributed by atoms with van der Waals surface area (Å²) in [6.45, 7) is 0.566. The summed E-state index contributed by atoms with van der Waals surface area (Å²) in [5, 5.41) is 8.59. The third-order valence-corrected chi connectivity index (χ3v) is 6.97. The molecule has 4 rings (SSSR count). The van der Waals surface area contributed by atoms with Gasteiger partial charge >= 0.3 is 0 Å². The van der Waals surface area contributed by atoms with Crippen LogP contribution < -0.4 is 0 Å². The molecule has 20 heavy (non-hydrogen) atoms. The quantitative estimate of drug-likeness (QED) is 0.782. The third-order valence-electron chi connectivity index (χ3n) is 5.47. The van der Waals surface area contributed by atoms with Crippen molar-refractivity contribution in [1.29, 1.82) is 5.26 Å². The number of nitriles is 1. The first-order valence-electron chi connectivity index (χ1n) is 7.85. The van der Waals surface area contributed by atoms with E-state index in [1.165, 1.54) is 38.5 Å². The molecule has 4 aliphatic rings. The Morgan fingerprint density at radius 2 is 1.80 bits per heavy atom. The maximum atomic E-state index is 12.1. The van der Waals surface area contributed by atoms with Gasteiger partial charge in [-0.3, -0.25) is 4.79 Å². The molecule has 4 bridgehead atoms. The Kier molecular flexibility index (Phi) is 3.99. The van der Waals surface area contributed by atoms with Gasteiger partial charge < -0.3 is 4.90 Å². The number of hydrogen-bond donors (Lipinski definition) is 0. The summed E-state index contributed by atoms with van der Waals surface area (Å²) < 4.78 is 0.417. The first kappa shape index (κ1) is 14.3. The van der Waals surface area contributed by atoms with Crippen LogP contribution in [0.4, 0.5) is 0 Å². The molecule has 4 heteroatoms. The van der Waals surface area contributed by atoms with Crippen LogP contribution >= 0.6 is 11.8 Å². The van der Waals surface area contributed by atoms with E-state index in [0.29, 0.717) is 23.5 Å². The number of amides is 1. The fourth-order valence-corrected chi connectivity index (χ4v) is 6.59. The standard InChI is InChI=1S/C16H24N2OS/c1-18(4-2-3-17)15(19)11-20-16-8-12-5-13(9-16)7-14(6-12)10-16/h12-14H,2,4-11H2,1H3. The van der Waals surface area contributed by atoms with E-state index in [2.05, 4.69) is 6.07 Å². The minimum absolute atomic E-state index is 0.195. The average molecular weight is 292 g/mol. The van der Waals surface area contributed by atoms with Gasteiger partial charge in [-0.25, -0.2) is 0 Å².